The molecular formula is C26H46N2O2. The molecule has 4 heteroatoms. The second-order valence-electron chi connectivity index (χ2n) is 8.67. The molecule has 0 bridgehead atoms. The van der Waals surface area contributed by atoms with Crippen molar-refractivity contribution in [2.24, 2.45) is 5.73 Å². The van der Waals surface area contributed by atoms with E-state index in [0.29, 0.717) is 19.5 Å². The quantitative estimate of drug-likeness (QED) is 0.241. The molecule has 30 heavy (non-hydrogen) atoms. The molecule has 1 atom stereocenters. The summed E-state index contributed by atoms with van der Waals surface area (Å²) >= 11 is 0. The van der Waals surface area contributed by atoms with Crippen LogP contribution < -0.4 is 11.1 Å². The fourth-order valence-corrected chi connectivity index (χ4v) is 3.82. The highest BCUT2D eigenvalue weighted by Gasteiger charge is 2.03. The van der Waals surface area contributed by atoms with Crippen LogP contribution >= 0.6 is 0 Å². The van der Waals surface area contributed by atoms with E-state index in [4.69, 9.17) is 5.73 Å². The molecule has 4 nitrogen and oxygen atoms in total. The van der Waals surface area contributed by atoms with Gasteiger partial charge in [-0.2, -0.15) is 0 Å². The van der Waals surface area contributed by atoms with Gasteiger partial charge < -0.3 is 16.2 Å². The molecule has 0 aromatic heterocycles. The molecule has 1 aromatic rings. The lowest BCUT2D eigenvalue weighted by molar-refractivity contribution is -0.121. The van der Waals surface area contributed by atoms with E-state index in [1.54, 1.807) is 0 Å². The van der Waals surface area contributed by atoms with Gasteiger partial charge in [0.1, 0.15) is 0 Å². The Bertz CT molecular complexity index is 530. The van der Waals surface area contributed by atoms with E-state index in [1.807, 2.05) is 24.3 Å². The second-order valence-corrected chi connectivity index (χ2v) is 8.67. The first-order valence-electron chi connectivity index (χ1n) is 12.4. The van der Waals surface area contributed by atoms with E-state index in [9.17, 15) is 9.90 Å². The highest BCUT2D eigenvalue weighted by Crippen LogP contribution is 2.14. The summed E-state index contributed by atoms with van der Waals surface area (Å²) in [5.41, 5.74) is 7.83. The van der Waals surface area contributed by atoms with Crippen molar-refractivity contribution in [2.75, 3.05) is 0 Å². The lowest BCUT2D eigenvalue weighted by Gasteiger charge is -2.08. The Kier molecular flexibility index (Phi) is 16.3. The number of hydrogen-bond donors (Lipinski definition) is 3. The maximum atomic E-state index is 11.9. The monoisotopic (exact) mass is 418 g/mol. The first kappa shape index (κ1) is 26.6. The number of unbranched alkanes of at least 4 members (excludes halogenated alkanes) is 10. The zero-order valence-electron chi connectivity index (χ0n) is 19.3. The standard InChI is InChI=1S/C26H46N2O2/c1-2-14-25(29)15-12-10-8-6-4-3-5-7-9-11-13-16-26(30)28-22-24-19-17-23(21-27)18-20-24/h17-20,25,29H,2-16,21-22,27H2,1H3,(H,28,30). The second kappa shape index (κ2) is 18.4. The Morgan fingerprint density at radius 2 is 1.33 bits per heavy atom. The van der Waals surface area contributed by atoms with Crippen LogP contribution in [-0.4, -0.2) is 17.1 Å². The Labute approximate surface area is 185 Å². The van der Waals surface area contributed by atoms with Gasteiger partial charge in [-0.15, -0.1) is 0 Å². The van der Waals surface area contributed by atoms with E-state index < -0.39 is 0 Å². The van der Waals surface area contributed by atoms with Crippen molar-refractivity contribution >= 4 is 5.91 Å². The smallest absolute Gasteiger partial charge is 0.220 e. The average molecular weight is 419 g/mol. The zero-order chi connectivity index (χ0) is 21.9. The molecule has 0 radical (unpaired) electrons. The Morgan fingerprint density at radius 3 is 1.87 bits per heavy atom. The number of aliphatic hydroxyl groups excluding tert-OH is 1. The van der Waals surface area contributed by atoms with E-state index in [0.717, 1.165) is 43.2 Å². The summed E-state index contributed by atoms with van der Waals surface area (Å²) < 4.78 is 0. The molecule has 0 heterocycles. The lowest BCUT2D eigenvalue weighted by Crippen LogP contribution is -2.22. The van der Waals surface area contributed by atoms with E-state index in [2.05, 4.69) is 12.2 Å². The molecule has 0 saturated carbocycles. The molecule has 0 aliphatic rings. The number of aliphatic hydroxyl groups is 1. The molecule has 4 N–H and O–H groups in total. The van der Waals surface area contributed by atoms with Gasteiger partial charge in [-0.05, 0) is 30.4 Å². The Hall–Kier alpha value is -1.39. The van der Waals surface area contributed by atoms with Crippen LogP contribution in [0.25, 0.3) is 0 Å². The van der Waals surface area contributed by atoms with Gasteiger partial charge in [0.25, 0.3) is 0 Å². The molecule has 1 unspecified atom stereocenters. The third kappa shape index (κ3) is 14.6. The van der Waals surface area contributed by atoms with Gasteiger partial charge in [0.05, 0.1) is 6.10 Å². The predicted molar refractivity (Wildman–Crippen MR) is 127 cm³/mol. The average Bonchev–Trinajstić information content (AvgIpc) is 2.76. The Balaban J connectivity index is 1.84. The normalized spacial score (nSPS) is 12.1. The van der Waals surface area contributed by atoms with E-state index in [1.165, 1.54) is 57.8 Å². The van der Waals surface area contributed by atoms with Crippen LogP contribution in [0.2, 0.25) is 0 Å². The largest absolute Gasteiger partial charge is 0.393 e. The summed E-state index contributed by atoms with van der Waals surface area (Å²) in [6.07, 6.45) is 17.3. The van der Waals surface area contributed by atoms with Crippen LogP contribution in [0.3, 0.4) is 0 Å². The van der Waals surface area contributed by atoms with E-state index >= 15 is 0 Å². The maximum Gasteiger partial charge on any atom is 0.220 e. The predicted octanol–water partition coefficient (Wildman–Crippen LogP) is 5.99. The SMILES string of the molecule is CCCC(O)CCCCCCCCCCCCCC(=O)NCc1ccc(CN)cc1. The van der Waals surface area contributed by atoms with Crippen LogP contribution in [0.15, 0.2) is 24.3 Å². The minimum Gasteiger partial charge on any atom is -0.393 e. The van der Waals surface area contributed by atoms with Gasteiger partial charge in [0, 0.05) is 19.5 Å². The molecule has 0 saturated heterocycles. The molecule has 172 valence electrons. The number of benzene rings is 1. The molecule has 0 aliphatic heterocycles. The van der Waals surface area contributed by atoms with Crippen LogP contribution in [-0.2, 0) is 17.9 Å². The molecule has 1 amide bonds. The Morgan fingerprint density at radius 1 is 0.833 bits per heavy atom. The van der Waals surface area contributed by atoms with Crippen molar-refractivity contribution in [1.82, 2.24) is 5.32 Å². The van der Waals surface area contributed by atoms with Gasteiger partial charge >= 0.3 is 0 Å². The number of hydrogen-bond acceptors (Lipinski definition) is 3. The van der Waals surface area contributed by atoms with E-state index in [-0.39, 0.29) is 12.0 Å². The number of carbonyl (C=O) groups excluding carboxylic acids is 1. The summed E-state index contributed by atoms with van der Waals surface area (Å²) in [5.74, 6) is 0.153. The number of rotatable bonds is 19. The van der Waals surface area contributed by atoms with Gasteiger partial charge in [0.2, 0.25) is 5.91 Å². The van der Waals surface area contributed by atoms with Gasteiger partial charge in [-0.1, -0.05) is 102 Å². The molecule has 0 aliphatic carbocycles. The van der Waals surface area contributed by atoms with Gasteiger partial charge in [-0.25, -0.2) is 0 Å². The summed E-state index contributed by atoms with van der Waals surface area (Å²) in [7, 11) is 0. The lowest BCUT2D eigenvalue weighted by atomic mass is 10.0. The number of nitrogens with one attached hydrogen (secondary N) is 1. The highest BCUT2D eigenvalue weighted by molar-refractivity contribution is 5.75. The van der Waals surface area contributed by atoms with Gasteiger partial charge in [-0.3, -0.25) is 4.79 Å². The fraction of sp³-hybridized carbons (Fsp3) is 0.731. The van der Waals surface area contributed by atoms with Crippen LogP contribution in [0.5, 0.6) is 0 Å². The molecule has 0 spiro atoms. The molecule has 1 aromatic carbocycles. The number of carbonyl (C=O) groups is 1. The summed E-state index contributed by atoms with van der Waals surface area (Å²) in [6, 6.07) is 8.09. The molecule has 0 fully saturated rings. The van der Waals surface area contributed by atoms with Crippen LogP contribution in [0.1, 0.15) is 114 Å². The first-order chi connectivity index (χ1) is 14.7. The van der Waals surface area contributed by atoms with Crippen molar-refractivity contribution in [1.29, 1.82) is 0 Å². The van der Waals surface area contributed by atoms with Crippen molar-refractivity contribution in [3.63, 3.8) is 0 Å². The number of nitrogens with two attached hydrogens (primary N) is 1. The van der Waals surface area contributed by atoms with Crippen molar-refractivity contribution in [2.45, 2.75) is 122 Å². The summed E-state index contributed by atoms with van der Waals surface area (Å²) in [4.78, 5) is 11.9. The topological polar surface area (TPSA) is 75.3 Å². The van der Waals surface area contributed by atoms with Crippen LogP contribution in [0.4, 0.5) is 0 Å². The minimum atomic E-state index is -0.0741. The van der Waals surface area contributed by atoms with Crippen molar-refractivity contribution < 1.29 is 9.90 Å². The zero-order valence-corrected chi connectivity index (χ0v) is 19.3. The third-order valence-corrected chi connectivity index (χ3v) is 5.81. The maximum absolute atomic E-state index is 11.9. The highest BCUT2D eigenvalue weighted by atomic mass is 16.3. The summed E-state index contributed by atoms with van der Waals surface area (Å²) in [6.45, 7) is 3.28. The van der Waals surface area contributed by atoms with Crippen molar-refractivity contribution in [3.05, 3.63) is 35.4 Å². The fourth-order valence-electron chi connectivity index (χ4n) is 3.82. The van der Waals surface area contributed by atoms with Crippen molar-refractivity contribution in [3.8, 4) is 0 Å². The molecule has 1 rings (SSSR count). The summed E-state index contributed by atoms with van der Waals surface area (Å²) in [5, 5.41) is 12.7. The van der Waals surface area contributed by atoms with Gasteiger partial charge in [0.15, 0.2) is 0 Å². The number of amides is 1. The molecular weight excluding hydrogens is 372 g/mol. The first-order valence-corrected chi connectivity index (χ1v) is 12.4. The third-order valence-electron chi connectivity index (χ3n) is 5.81. The van der Waals surface area contributed by atoms with Crippen LogP contribution in [0, 0.1) is 0 Å². The minimum absolute atomic E-state index is 0.0741.